The largest absolute Gasteiger partial charge is 0.490 e. The number of benzene rings is 1. The van der Waals surface area contributed by atoms with Crippen LogP contribution in [-0.4, -0.2) is 25.1 Å². The Morgan fingerprint density at radius 3 is 2.62 bits per heavy atom. The summed E-state index contributed by atoms with van der Waals surface area (Å²) in [5.41, 5.74) is 1.07. The molecule has 2 fully saturated rings. The smallest absolute Gasteiger partial charge is 0.225 e. The van der Waals surface area contributed by atoms with Gasteiger partial charge in [0.05, 0.1) is 12.0 Å². The van der Waals surface area contributed by atoms with Crippen LogP contribution in [0.25, 0.3) is 0 Å². The van der Waals surface area contributed by atoms with Crippen LogP contribution >= 0.6 is 12.4 Å². The Morgan fingerprint density at radius 2 is 1.95 bits per heavy atom. The third-order valence-electron chi connectivity index (χ3n) is 4.17. The molecular weight excluding hydrogens is 288 g/mol. The maximum absolute atomic E-state index is 11.9. The Hall–Kier alpha value is -1.26. The van der Waals surface area contributed by atoms with Crippen LogP contribution in [0.15, 0.2) is 24.3 Å². The lowest BCUT2D eigenvalue weighted by Gasteiger charge is -2.26. The van der Waals surface area contributed by atoms with E-state index in [-0.39, 0.29) is 24.2 Å². The quantitative estimate of drug-likeness (QED) is 0.877. The van der Waals surface area contributed by atoms with E-state index in [0.29, 0.717) is 12.6 Å². The van der Waals surface area contributed by atoms with Crippen LogP contribution in [0.2, 0.25) is 0 Å². The van der Waals surface area contributed by atoms with E-state index in [1.165, 1.54) is 12.8 Å². The molecule has 0 bridgehead atoms. The average Bonchev–Trinajstić information content (AvgIpc) is 2.88. The Balaban J connectivity index is 0.00000161. The van der Waals surface area contributed by atoms with Gasteiger partial charge in [0.1, 0.15) is 5.75 Å². The number of carbonyl (C=O) groups is 1. The highest BCUT2D eigenvalue weighted by Crippen LogP contribution is 2.26. The Labute approximate surface area is 132 Å². The lowest BCUT2D eigenvalue weighted by atomic mass is 10.0. The highest BCUT2D eigenvalue weighted by molar-refractivity contribution is 5.85. The molecular formula is C16H23ClN2O2. The molecule has 0 spiro atoms. The van der Waals surface area contributed by atoms with Crippen molar-refractivity contribution >= 4 is 18.3 Å². The van der Waals surface area contributed by atoms with Gasteiger partial charge in [-0.15, -0.1) is 12.4 Å². The summed E-state index contributed by atoms with van der Waals surface area (Å²) in [6.07, 6.45) is 5.17. The summed E-state index contributed by atoms with van der Waals surface area (Å²) in [6, 6.07) is 8.02. The van der Waals surface area contributed by atoms with Gasteiger partial charge in [-0.1, -0.05) is 18.2 Å². The van der Waals surface area contributed by atoms with E-state index in [1.54, 1.807) is 0 Å². The highest BCUT2D eigenvalue weighted by Gasteiger charge is 2.24. The van der Waals surface area contributed by atoms with Crippen molar-refractivity contribution in [2.45, 2.75) is 38.3 Å². The summed E-state index contributed by atoms with van der Waals surface area (Å²) in [4.78, 5) is 11.9. The number of amides is 1. The zero-order valence-electron chi connectivity index (χ0n) is 12.1. The van der Waals surface area contributed by atoms with Crippen LogP contribution in [0.1, 0.15) is 31.2 Å². The van der Waals surface area contributed by atoms with E-state index in [0.717, 1.165) is 37.2 Å². The maximum atomic E-state index is 11.9. The summed E-state index contributed by atoms with van der Waals surface area (Å²) < 4.78 is 6.08. The summed E-state index contributed by atoms with van der Waals surface area (Å²) in [6.45, 7) is 2.15. The summed E-state index contributed by atoms with van der Waals surface area (Å²) in [5.74, 6) is 1.20. The van der Waals surface area contributed by atoms with Gasteiger partial charge in [-0.25, -0.2) is 0 Å². The third-order valence-corrected chi connectivity index (χ3v) is 4.17. The normalized spacial score (nSPS) is 18.7. The number of hydrogen-bond donors (Lipinski definition) is 2. The second-order valence-corrected chi connectivity index (χ2v) is 5.71. The lowest BCUT2D eigenvalue weighted by Crippen LogP contribution is -2.50. The Kier molecular flexibility index (Phi) is 5.88. The fourth-order valence-corrected chi connectivity index (χ4v) is 2.75. The number of hydrogen-bond acceptors (Lipinski definition) is 3. The van der Waals surface area contributed by atoms with Crippen molar-refractivity contribution in [3.8, 4) is 5.75 Å². The molecule has 2 aliphatic rings. The zero-order chi connectivity index (χ0) is 13.8. The van der Waals surface area contributed by atoms with E-state index in [1.807, 2.05) is 24.3 Å². The van der Waals surface area contributed by atoms with Gasteiger partial charge in [-0.05, 0) is 31.7 Å². The van der Waals surface area contributed by atoms with E-state index in [4.69, 9.17) is 4.74 Å². The molecule has 1 aliphatic carbocycles. The monoisotopic (exact) mass is 310 g/mol. The molecule has 3 rings (SSSR count). The van der Waals surface area contributed by atoms with Gasteiger partial charge in [-0.3, -0.25) is 4.79 Å². The minimum atomic E-state index is 0. The van der Waals surface area contributed by atoms with E-state index < -0.39 is 0 Å². The Bertz CT molecular complexity index is 471. The van der Waals surface area contributed by atoms with Gasteiger partial charge in [0, 0.05) is 25.2 Å². The number of nitrogens with one attached hydrogen (secondary N) is 2. The second-order valence-electron chi connectivity index (χ2n) is 5.71. The first-order valence-corrected chi connectivity index (χ1v) is 7.56. The SMILES string of the molecule is Cl.O=C(NCc1ccccc1OC1CCCC1)C1CNC1. The van der Waals surface area contributed by atoms with E-state index in [9.17, 15) is 4.79 Å². The number of rotatable bonds is 5. The predicted molar refractivity (Wildman–Crippen MR) is 84.8 cm³/mol. The van der Waals surface area contributed by atoms with Gasteiger partial charge in [0.2, 0.25) is 5.91 Å². The molecule has 1 aromatic rings. The molecule has 21 heavy (non-hydrogen) atoms. The first-order valence-electron chi connectivity index (χ1n) is 7.56. The molecule has 1 amide bonds. The molecule has 1 saturated heterocycles. The van der Waals surface area contributed by atoms with Crippen LogP contribution in [0.5, 0.6) is 5.75 Å². The van der Waals surface area contributed by atoms with Crippen LogP contribution in [-0.2, 0) is 11.3 Å². The molecule has 0 aromatic heterocycles. The van der Waals surface area contributed by atoms with Crippen molar-refractivity contribution in [1.29, 1.82) is 0 Å². The van der Waals surface area contributed by atoms with E-state index >= 15 is 0 Å². The number of carbonyl (C=O) groups excluding carboxylic acids is 1. The van der Waals surface area contributed by atoms with Crippen LogP contribution in [0, 0.1) is 5.92 Å². The minimum absolute atomic E-state index is 0. The van der Waals surface area contributed by atoms with Crippen molar-refractivity contribution in [3.63, 3.8) is 0 Å². The number of para-hydroxylation sites is 1. The van der Waals surface area contributed by atoms with Crippen molar-refractivity contribution in [2.75, 3.05) is 13.1 Å². The van der Waals surface area contributed by atoms with Gasteiger partial charge in [-0.2, -0.15) is 0 Å². The molecule has 116 valence electrons. The first kappa shape index (κ1) is 16.1. The van der Waals surface area contributed by atoms with Crippen molar-refractivity contribution in [2.24, 2.45) is 5.92 Å². The van der Waals surface area contributed by atoms with Crippen molar-refractivity contribution < 1.29 is 9.53 Å². The van der Waals surface area contributed by atoms with Crippen LogP contribution in [0.4, 0.5) is 0 Å². The average molecular weight is 311 g/mol. The minimum Gasteiger partial charge on any atom is -0.490 e. The summed E-state index contributed by atoms with van der Waals surface area (Å²) in [5, 5.41) is 6.12. The molecule has 1 aromatic carbocycles. The molecule has 2 N–H and O–H groups in total. The summed E-state index contributed by atoms with van der Waals surface area (Å²) >= 11 is 0. The Morgan fingerprint density at radius 1 is 1.24 bits per heavy atom. The van der Waals surface area contributed by atoms with E-state index in [2.05, 4.69) is 10.6 Å². The van der Waals surface area contributed by atoms with Gasteiger partial charge >= 0.3 is 0 Å². The fraction of sp³-hybridized carbons (Fsp3) is 0.562. The van der Waals surface area contributed by atoms with Crippen LogP contribution in [0.3, 0.4) is 0 Å². The maximum Gasteiger partial charge on any atom is 0.225 e. The molecule has 0 radical (unpaired) electrons. The molecule has 0 unspecified atom stereocenters. The second kappa shape index (κ2) is 7.66. The molecule has 0 atom stereocenters. The van der Waals surface area contributed by atoms with Crippen molar-refractivity contribution in [3.05, 3.63) is 29.8 Å². The zero-order valence-corrected chi connectivity index (χ0v) is 13.0. The van der Waals surface area contributed by atoms with Crippen molar-refractivity contribution in [1.82, 2.24) is 10.6 Å². The molecule has 4 nitrogen and oxygen atoms in total. The first-order chi connectivity index (χ1) is 9.83. The van der Waals surface area contributed by atoms with Gasteiger partial charge in [0.15, 0.2) is 0 Å². The fourth-order valence-electron chi connectivity index (χ4n) is 2.75. The van der Waals surface area contributed by atoms with Gasteiger partial charge < -0.3 is 15.4 Å². The standard InChI is InChI=1S/C16H22N2O2.ClH/c19-16(13-9-17-10-13)18-11-12-5-1-4-8-15(12)20-14-6-2-3-7-14;/h1,4-5,8,13-14,17H,2-3,6-7,9-11H2,(H,18,19);1H. The molecule has 1 heterocycles. The van der Waals surface area contributed by atoms with Gasteiger partial charge in [0.25, 0.3) is 0 Å². The molecule has 5 heteroatoms. The number of ether oxygens (including phenoxy) is 1. The predicted octanol–water partition coefficient (Wildman–Crippen LogP) is 2.27. The van der Waals surface area contributed by atoms with Crippen LogP contribution < -0.4 is 15.4 Å². The third kappa shape index (κ3) is 4.11. The lowest BCUT2D eigenvalue weighted by molar-refractivity contribution is -0.126. The highest BCUT2D eigenvalue weighted by atomic mass is 35.5. The topological polar surface area (TPSA) is 50.4 Å². The summed E-state index contributed by atoms with van der Waals surface area (Å²) in [7, 11) is 0. The molecule has 1 saturated carbocycles. The number of halogens is 1. The molecule has 1 aliphatic heterocycles.